The second-order valence-electron chi connectivity index (χ2n) is 10.6. The van der Waals surface area contributed by atoms with Crippen molar-refractivity contribution in [3.05, 3.63) is 113 Å². The highest BCUT2D eigenvalue weighted by Crippen LogP contribution is 2.39. The van der Waals surface area contributed by atoms with E-state index in [0.717, 1.165) is 28.7 Å². The van der Waals surface area contributed by atoms with Gasteiger partial charge in [-0.1, -0.05) is 61.5 Å². The maximum Gasteiger partial charge on any atom is 0.331 e. The Morgan fingerprint density at radius 1 is 0.884 bits per heavy atom. The van der Waals surface area contributed by atoms with E-state index >= 15 is 0 Å². The summed E-state index contributed by atoms with van der Waals surface area (Å²) in [5.41, 5.74) is 17.7. The van der Waals surface area contributed by atoms with E-state index in [2.05, 4.69) is 18.2 Å². The number of esters is 1. The minimum atomic E-state index is -1.60. The molecule has 0 spiro atoms. The summed E-state index contributed by atoms with van der Waals surface area (Å²) in [6.45, 7) is 1.90. The van der Waals surface area contributed by atoms with E-state index in [1.165, 1.54) is 18.2 Å². The first kappa shape index (κ1) is 29.7. The molecule has 4 aromatic rings. The summed E-state index contributed by atoms with van der Waals surface area (Å²) >= 11 is 0. The van der Waals surface area contributed by atoms with E-state index < -0.39 is 23.5 Å². The molecule has 222 valence electrons. The van der Waals surface area contributed by atoms with Crippen LogP contribution in [0.25, 0.3) is 11.1 Å². The molecule has 1 amide bonds. The van der Waals surface area contributed by atoms with Gasteiger partial charge in [0.15, 0.2) is 6.10 Å². The Balaban J connectivity index is 1.43. The molecular weight excluding hydrogens is 544 g/mol. The molecular formula is C35H36N2O6. The van der Waals surface area contributed by atoms with Crippen molar-refractivity contribution in [1.29, 1.82) is 0 Å². The van der Waals surface area contributed by atoms with Gasteiger partial charge in [0, 0.05) is 18.1 Å². The van der Waals surface area contributed by atoms with Gasteiger partial charge in [0.1, 0.15) is 29.4 Å². The molecule has 1 aliphatic rings. The fraction of sp³-hybridized carbons (Fsp3) is 0.257. The van der Waals surface area contributed by atoms with E-state index in [-0.39, 0.29) is 13.0 Å². The third-order valence-corrected chi connectivity index (χ3v) is 7.93. The molecule has 0 heterocycles. The van der Waals surface area contributed by atoms with Crippen LogP contribution in [0, 0.1) is 0 Å². The van der Waals surface area contributed by atoms with Gasteiger partial charge in [0.2, 0.25) is 0 Å². The number of methoxy groups -OCH3 is 2. The predicted molar refractivity (Wildman–Crippen MR) is 164 cm³/mol. The van der Waals surface area contributed by atoms with Crippen LogP contribution in [0.2, 0.25) is 0 Å². The fourth-order valence-electron chi connectivity index (χ4n) is 5.59. The SMILES string of the molecule is CCC(Oc1ccc(CC(N)(C(=O)OCc2cccc3c2Cc2ccccc2-3)c2ccc(OC)cc2OC)cc1)C(N)=O. The van der Waals surface area contributed by atoms with Crippen molar-refractivity contribution in [2.75, 3.05) is 14.2 Å². The highest BCUT2D eigenvalue weighted by molar-refractivity contribution is 5.84. The number of amides is 1. The minimum absolute atomic E-state index is 0.0751. The van der Waals surface area contributed by atoms with Crippen LogP contribution in [0.15, 0.2) is 84.9 Å². The monoisotopic (exact) mass is 580 g/mol. The first-order valence-corrected chi connectivity index (χ1v) is 14.2. The highest BCUT2D eigenvalue weighted by atomic mass is 16.5. The third-order valence-electron chi connectivity index (χ3n) is 7.93. The summed E-state index contributed by atoms with van der Waals surface area (Å²) in [6.07, 6.45) is 0.607. The molecule has 1 aliphatic carbocycles. The molecule has 0 saturated heterocycles. The number of ether oxygens (including phenoxy) is 4. The molecule has 0 aliphatic heterocycles. The molecule has 0 fully saturated rings. The van der Waals surface area contributed by atoms with Crippen molar-refractivity contribution in [2.45, 2.75) is 44.4 Å². The van der Waals surface area contributed by atoms with Gasteiger partial charge < -0.3 is 30.4 Å². The summed E-state index contributed by atoms with van der Waals surface area (Å²) in [5.74, 6) is 0.332. The zero-order valence-electron chi connectivity index (χ0n) is 24.6. The summed E-state index contributed by atoms with van der Waals surface area (Å²) in [5, 5.41) is 0. The zero-order valence-corrected chi connectivity index (χ0v) is 24.6. The van der Waals surface area contributed by atoms with Gasteiger partial charge in [0.05, 0.1) is 14.2 Å². The van der Waals surface area contributed by atoms with Crippen LogP contribution in [-0.2, 0) is 39.3 Å². The molecule has 4 N–H and O–H groups in total. The number of hydrogen-bond acceptors (Lipinski definition) is 7. The largest absolute Gasteiger partial charge is 0.497 e. The first-order chi connectivity index (χ1) is 20.8. The Kier molecular flexibility index (Phi) is 8.68. The van der Waals surface area contributed by atoms with Gasteiger partial charge in [-0.05, 0) is 70.5 Å². The number of rotatable bonds is 12. The molecule has 2 unspecified atom stereocenters. The predicted octanol–water partition coefficient (Wildman–Crippen LogP) is 5.06. The van der Waals surface area contributed by atoms with Crippen LogP contribution in [0.4, 0.5) is 0 Å². The van der Waals surface area contributed by atoms with Crippen LogP contribution in [0.3, 0.4) is 0 Å². The third kappa shape index (κ3) is 6.05. The number of benzene rings is 4. The Morgan fingerprint density at radius 3 is 2.30 bits per heavy atom. The van der Waals surface area contributed by atoms with Gasteiger partial charge in [-0.15, -0.1) is 0 Å². The molecule has 0 radical (unpaired) electrons. The Bertz CT molecular complexity index is 1630. The second-order valence-corrected chi connectivity index (χ2v) is 10.6. The van der Waals surface area contributed by atoms with Crippen molar-refractivity contribution in [2.24, 2.45) is 11.5 Å². The van der Waals surface area contributed by atoms with Gasteiger partial charge in [-0.25, -0.2) is 4.79 Å². The number of primary amides is 1. The molecule has 8 nitrogen and oxygen atoms in total. The molecule has 0 bridgehead atoms. The minimum Gasteiger partial charge on any atom is -0.497 e. The lowest BCUT2D eigenvalue weighted by atomic mass is 9.84. The average Bonchev–Trinajstić information content (AvgIpc) is 3.42. The van der Waals surface area contributed by atoms with Crippen molar-refractivity contribution in [3.8, 4) is 28.4 Å². The summed E-state index contributed by atoms with van der Waals surface area (Å²) < 4.78 is 22.7. The fourth-order valence-corrected chi connectivity index (χ4v) is 5.59. The molecule has 43 heavy (non-hydrogen) atoms. The van der Waals surface area contributed by atoms with Crippen molar-refractivity contribution in [3.63, 3.8) is 0 Å². The van der Waals surface area contributed by atoms with Crippen LogP contribution in [-0.4, -0.2) is 32.2 Å². The topological polar surface area (TPSA) is 123 Å². The Labute approximate surface area is 251 Å². The van der Waals surface area contributed by atoms with E-state index in [1.807, 2.05) is 31.2 Å². The number of carbonyl (C=O) groups is 2. The molecule has 8 heteroatoms. The average molecular weight is 581 g/mol. The van der Waals surface area contributed by atoms with Gasteiger partial charge in [0.25, 0.3) is 5.91 Å². The number of hydrogen-bond donors (Lipinski definition) is 2. The maximum absolute atomic E-state index is 14.0. The lowest BCUT2D eigenvalue weighted by molar-refractivity contribution is -0.152. The molecule has 0 saturated carbocycles. The van der Waals surface area contributed by atoms with Gasteiger partial charge in [-0.2, -0.15) is 0 Å². The standard InChI is InChI=1S/C35H36N2O6/c1-4-31(33(36)38)43-25-14-12-22(13-15-25)20-35(37,30-17-16-26(40-2)19-32(30)41-3)34(39)42-21-24-9-7-11-28-27-10-6-5-8-23(27)18-29(24)28/h5-17,19,31H,4,18,20-21,37H2,1-3H3,(H2,36,38). The lowest BCUT2D eigenvalue weighted by Gasteiger charge is -2.30. The summed E-state index contributed by atoms with van der Waals surface area (Å²) in [7, 11) is 3.07. The Hall–Kier alpha value is -4.82. The smallest absolute Gasteiger partial charge is 0.331 e. The molecule has 5 rings (SSSR count). The highest BCUT2D eigenvalue weighted by Gasteiger charge is 2.41. The van der Waals surface area contributed by atoms with E-state index in [1.54, 1.807) is 49.6 Å². The van der Waals surface area contributed by atoms with Crippen LogP contribution >= 0.6 is 0 Å². The second kappa shape index (κ2) is 12.6. The van der Waals surface area contributed by atoms with Crippen molar-refractivity contribution in [1.82, 2.24) is 0 Å². The zero-order chi connectivity index (χ0) is 30.6. The number of nitrogens with two attached hydrogens (primary N) is 2. The summed E-state index contributed by atoms with van der Waals surface area (Å²) in [6, 6.07) is 26.6. The van der Waals surface area contributed by atoms with Crippen molar-refractivity contribution < 1.29 is 28.5 Å². The van der Waals surface area contributed by atoms with Crippen LogP contribution in [0.5, 0.6) is 17.2 Å². The van der Waals surface area contributed by atoms with E-state index in [4.69, 9.17) is 30.4 Å². The lowest BCUT2D eigenvalue weighted by Crippen LogP contribution is -2.48. The Morgan fingerprint density at radius 2 is 1.60 bits per heavy atom. The van der Waals surface area contributed by atoms with E-state index in [0.29, 0.717) is 29.2 Å². The maximum atomic E-state index is 14.0. The van der Waals surface area contributed by atoms with E-state index in [9.17, 15) is 9.59 Å². The normalized spacial score (nSPS) is 13.7. The first-order valence-electron chi connectivity index (χ1n) is 14.2. The molecule has 2 atom stereocenters. The van der Waals surface area contributed by atoms with Crippen LogP contribution < -0.4 is 25.7 Å². The van der Waals surface area contributed by atoms with Crippen molar-refractivity contribution >= 4 is 11.9 Å². The molecule has 4 aromatic carbocycles. The quantitative estimate of drug-likeness (QED) is 0.198. The van der Waals surface area contributed by atoms with Crippen LogP contribution in [0.1, 0.15) is 41.2 Å². The number of fused-ring (bicyclic) bond motifs is 3. The summed E-state index contributed by atoms with van der Waals surface area (Å²) in [4.78, 5) is 25.6. The van der Waals surface area contributed by atoms with Gasteiger partial charge >= 0.3 is 5.97 Å². The molecule has 0 aromatic heterocycles. The number of carbonyl (C=O) groups excluding carboxylic acids is 2. The van der Waals surface area contributed by atoms with Gasteiger partial charge in [-0.3, -0.25) is 4.79 Å².